The van der Waals surface area contributed by atoms with E-state index in [1.54, 1.807) is 6.92 Å². The van der Waals surface area contributed by atoms with Gasteiger partial charge in [-0.15, -0.1) is 0 Å². The summed E-state index contributed by atoms with van der Waals surface area (Å²) < 4.78 is 19.8. The van der Waals surface area contributed by atoms with E-state index >= 15 is 0 Å². The Morgan fingerprint density at radius 2 is 2.13 bits per heavy atom. The number of halogens is 1. The molecule has 1 aliphatic carbocycles. The van der Waals surface area contributed by atoms with Crippen LogP contribution >= 0.6 is 0 Å². The van der Waals surface area contributed by atoms with Gasteiger partial charge in [0, 0.05) is 12.6 Å². The van der Waals surface area contributed by atoms with Crippen LogP contribution in [-0.4, -0.2) is 23.4 Å². The Bertz CT molecular complexity index is 593. The van der Waals surface area contributed by atoms with E-state index in [0.29, 0.717) is 24.2 Å². The molecule has 2 rings (SSSR count). The van der Waals surface area contributed by atoms with Crippen LogP contribution in [0.3, 0.4) is 0 Å². The summed E-state index contributed by atoms with van der Waals surface area (Å²) in [6, 6.07) is 0.207. The number of carbonyl (C=O) groups is 2. The van der Waals surface area contributed by atoms with E-state index in [9.17, 15) is 18.8 Å². The van der Waals surface area contributed by atoms with Gasteiger partial charge in [-0.25, -0.2) is 9.18 Å². The summed E-state index contributed by atoms with van der Waals surface area (Å²) in [5, 5.41) is 0. The topological polar surface area (TPSA) is 65.4 Å². The standard InChI is InChI=1S/C15H18FNO4.C2H6/c1-2-21-15(20)13(8-10-3-4-10)17-9-11(5-6-18)7-12(16)14(17)19;1-2/h6-7,9-10,13H,2-5,8H2,1H3;1-2H3. The number of esters is 1. The van der Waals surface area contributed by atoms with Crippen LogP contribution in [0, 0.1) is 11.7 Å². The second-order valence-electron chi connectivity index (χ2n) is 5.23. The predicted octanol–water partition coefficient (Wildman–Crippen LogP) is 2.66. The van der Waals surface area contributed by atoms with Gasteiger partial charge in [-0.3, -0.25) is 9.36 Å². The number of pyridine rings is 1. The Labute approximate surface area is 135 Å². The Balaban J connectivity index is 0.00000127. The molecule has 1 aromatic rings. The molecule has 5 nitrogen and oxygen atoms in total. The van der Waals surface area contributed by atoms with Gasteiger partial charge in [0.2, 0.25) is 0 Å². The molecule has 0 N–H and O–H groups in total. The van der Waals surface area contributed by atoms with E-state index in [1.165, 1.54) is 6.20 Å². The first-order valence-corrected chi connectivity index (χ1v) is 8.07. The van der Waals surface area contributed by atoms with Crippen molar-refractivity contribution in [2.24, 2.45) is 5.92 Å². The molecule has 0 spiro atoms. The number of ether oxygens (including phenoxy) is 1. The minimum atomic E-state index is -0.959. The zero-order valence-electron chi connectivity index (χ0n) is 13.9. The monoisotopic (exact) mass is 325 g/mol. The molecule has 128 valence electrons. The second kappa shape index (κ2) is 9.22. The molecular weight excluding hydrogens is 301 g/mol. The van der Waals surface area contributed by atoms with Gasteiger partial charge < -0.3 is 9.53 Å². The molecule has 1 fully saturated rings. The molecule has 1 aliphatic rings. The Kier molecular flexibility index (Phi) is 7.65. The second-order valence-corrected chi connectivity index (χ2v) is 5.23. The van der Waals surface area contributed by atoms with Crippen molar-refractivity contribution in [1.29, 1.82) is 0 Å². The van der Waals surface area contributed by atoms with Crippen LogP contribution in [0.1, 0.15) is 51.6 Å². The van der Waals surface area contributed by atoms with Crippen molar-refractivity contribution in [3.05, 3.63) is 34.0 Å². The lowest BCUT2D eigenvalue weighted by Gasteiger charge is -2.19. The third kappa shape index (κ3) is 5.30. The van der Waals surface area contributed by atoms with Crippen LogP contribution in [-0.2, 0) is 20.7 Å². The van der Waals surface area contributed by atoms with Crippen LogP contribution in [0.25, 0.3) is 0 Å². The molecule has 1 heterocycles. The summed E-state index contributed by atoms with van der Waals surface area (Å²) in [5.41, 5.74) is -0.490. The fourth-order valence-electron chi connectivity index (χ4n) is 2.29. The largest absolute Gasteiger partial charge is 0.464 e. The summed E-state index contributed by atoms with van der Waals surface area (Å²) >= 11 is 0. The quantitative estimate of drug-likeness (QED) is 0.571. The van der Waals surface area contributed by atoms with Gasteiger partial charge in [0.25, 0.3) is 5.56 Å². The number of hydrogen-bond donors (Lipinski definition) is 0. The van der Waals surface area contributed by atoms with Gasteiger partial charge in [-0.05, 0) is 30.9 Å². The molecule has 1 aromatic heterocycles. The minimum absolute atomic E-state index is 0.00380. The van der Waals surface area contributed by atoms with E-state index in [0.717, 1.165) is 23.5 Å². The van der Waals surface area contributed by atoms with Crippen LogP contribution in [0.2, 0.25) is 0 Å². The summed E-state index contributed by atoms with van der Waals surface area (Å²) in [4.78, 5) is 34.6. The fourth-order valence-corrected chi connectivity index (χ4v) is 2.29. The molecule has 1 atom stereocenters. The maximum Gasteiger partial charge on any atom is 0.329 e. The van der Waals surface area contributed by atoms with Crippen LogP contribution in [0.5, 0.6) is 0 Å². The van der Waals surface area contributed by atoms with Crippen molar-refractivity contribution in [2.75, 3.05) is 6.61 Å². The summed E-state index contributed by atoms with van der Waals surface area (Å²) in [5.74, 6) is -1.13. The Hall–Kier alpha value is -1.98. The SMILES string of the molecule is CC.CCOC(=O)C(CC1CC1)n1cc(CC=O)cc(F)c1=O. The molecule has 0 saturated heterocycles. The third-order valence-corrected chi connectivity index (χ3v) is 3.52. The number of aromatic nitrogens is 1. The lowest BCUT2D eigenvalue weighted by molar-refractivity contribution is -0.147. The molecular formula is C17H24FNO4. The van der Waals surface area contributed by atoms with Crippen LogP contribution < -0.4 is 5.56 Å². The lowest BCUT2D eigenvalue weighted by atomic mass is 10.1. The first kappa shape index (κ1) is 19.1. The van der Waals surface area contributed by atoms with Gasteiger partial charge in [0.1, 0.15) is 12.3 Å². The molecule has 0 bridgehead atoms. The number of aldehydes is 1. The minimum Gasteiger partial charge on any atom is -0.464 e. The Morgan fingerprint density at radius 1 is 1.48 bits per heavy atom. The highest BCUT2D eigenvalue weighted by molar-refractivity contribution is 5.74. The first-order chi connectivity index (χ1) is 11.1. The van der Waals surface area contributed by atoms with Crippen molar-refractivity contribution < 1.29 is 18.7 Å². The molecule has 0 aromatic carbocycles. The lowest BCUT2D eigenvalue weighted by Crippen LogP contribution is -2.33. The van der Waals surface area contributed by atoms with Gasteiger partial charge in [0.05, 0.1) is 6.61 Å². The number of rotatable bonds is 7. The predicted molar refractivity (Wildman–Crippen MR) is 84.8 cm³/mol. The van der Waals surface area contributed by atoms with Crippen molar-refractivity contribution in [2.45, 2.75) is 52.5 Å². The molecule has 1 saturated carbocycles. The third-order valence-electron chi connectivity index (χ3n) is 3.52. The zero-order valence-corrected chi connectivity index (χ0v) is 13.9. The molecule has 0 aliphatic heterocycles. The van der Waals surface area contributed by atoms with Gasteiger partial charge in [-0.2, -0.15) is 0 Å². The van der Waals surface area contributed by atoms with Gasteiger partial charge >= 0.3 is 5.97 Å². The maximum atomic E-state index is 13.7. The maximum absolute atomic E-state index is 13.7. The summed E-state index contributed by atoms with van der Waals surface area (Å²) in [6.07, 6.45) is 4.47. The molecule has 0 amide bonds. The highest BCUT2D eigenvalue weighted by Crippen LogP contribution is 2.37. The smallest absolute Gasteiger partial charge is 0.329 e. The van der Waals surface area contributed by atoms with Crippen LogP contribution in [0.15, 0.2) is 17.1 Å². The molecule has 1 unspecified atom stereocenters. The molecule has 6 heteroatoms. The molecule has 0 radical (unpaired) electrons. The number of carbonyl (C=O) groups excluding carboxylic acids is 2. The normalized spacial score (nSPS) is 14.4. The summed E-state index contributed by atoms with van der Waals surface area (Å²) in [6.45, 7) is 5.88. The van der Waals surface area contributed by atoms with Crippen molar-refractivity contribution in [3.8, 4) is 0 Å². The Morgan fingerprint density at radius 3 is 2.65 bits per heavy atom. The molecule has 23 heavy (non-hydrogen) atoms. The van der Waals surface area contributed by atoms with E-state index < -0.39 is 23.4 Å². The summed E-state index contributed by atoms with van der Waals surface area (Å²) in [7, 11) is 0. The van der Waals surface area contributed by atoms with Crippen molar-refractivity contribution >= 4 is 12.3 Å². The highest BCUT2D eigenvalue weighted by atomic mass is 19.1. The van der Waals surface area contributed by atoms with Gasteiger partial charge in [0.15, 0.2) is 5.82 Å². The number of nitrogens with zero attached hydrogens (tertiary/aromatic N) is 1. The van der Waals surface area contributed by atoms with E-state index in [1.807, 2.05) is 13.8 Å². The van der Waals surface area contributed by atoms with E-state index in [-0.39, 0.29) is 13.0 Å². The average Bonchev–Trinajstić information content (AvgIpc) is 3.35. The van der Waals surface area contributed by atoms with Crippen LogP contribution in [0.4, 0.5) is 4.39 Å². The number of hydrogen-bond acceptors (Lipinski definition) is 4. The van der Waals surface area contributed by atoms with Gasteiger partial charge in [-0.1, -0.05) is 26.7 Å². The van der Waals surface area contributed by atoms with Crippen molar-refractivity contribution in [3.63, 3.8) is 0 Å². The van der Waals surface area contributed by atoms with Crippen molar-refractivity contribution in [1.82, 2.24) is 4.57 Å². The average molecular weight is 325 g/mol. The first-order valence-electron chi connectivity index (χ1n) is 8.07. The highest BCUT2D eigenvalue weighted by Gasteiger charge is 2.32. The van der Waals surface area contributed by atoms with E-state index in [4.69, 9.17) is 4.74 Å². The zero-order chi connectivity index (χ0) is 17.4. The fraction of sp³-hybridized carbons (Fsp3) is 0.588. The van der Waals surface area contributed by atoms with E-state index in [2.05, 4.69) is 0 Å².